The smallest absolute Gasteiger partial charge is 0.340 e. The first-order chi connectivity index (χ1) is 13.7. The average Bonchev–Trinajstić information content (AvgIpc) is 2.83. The fraction of sp³-hybridized carbons (Fsp3) is 0.333. The Hall–Kier alpha value is -2.54. The Morgan fingerprint density at radius 2 is 1.90 bits per heavy atom. The molecule has 0 bridgehead atoms. The van der Waals surface area contributed by atoms with Crippen LogP contribution < -0.4 is 5.32 Å². The highest BCUT2D eigenvalue weighted by Crippen LogP contribution is 2.29. The van der Waals surface area contributed by atoms with E-state index in [9.17, 15) is 22.8 Å². The van der Waals surface area contributed by atoms with E-state index >= 15 is 0 Å². The average molecular weight is 425 g/mol. The number of halogens is 4. The van der Waals surface area contributed by atoms with Gasteiger partial charge < -0.3 is 10.2 Å². The topological polar surface area (TPSA) is 49.4 Å². The molecule has 1 fully saturated rings. The molecule has 1 heterocycles. The number of nitrogens with one attached hydrogen (secondary N) is 1. The summed E-state index contributed by atoms with van der Waals surface area (Å²) in [5, 5.41) is 3.18. The van der Waals surface area contributed by atoms with Crippen molar-refractivity contribution in [3.05, 3.63) is 70.2 Å². The fourth-order valence-electron chi connectivity index (χ4n) is 3.33. The second-order valence-corrected chi connectivity index (χ2v) is 7.43. The monoisotopic (exact) mass is 424 g/mol. The van der Waals surface area contributed by atoms with Crippen LogP contribution in [0.25, 0.3) is 0 Å². The zero-order valence-corrected chi connectivity index (χ0v) is 16.3. The van der Waals surface area contributed by atoms with Gasteiger partial charge in [-0.15, -0.1) is 0 Å². The van der Waals surface area contributed by atoms with E-state index in [2.05, 4.69) is 5.32 Å². The van der Waals surface area contributed by atoms with E-state index in [4.69, 9.17) is 11.6 Å². The Labute approximate surface area is 171 Å². The predicted molar refractivity (Wildman–Crippen MR) is 103 cm³/mol. The van der Waals surface area contributed by atoms with Crippen molar-refractivity contribution in [1.29, 1.82) is 0 Å². The molecular formula is C21H20ClF3N2O2. The summed E-state index contributed by atoms with van der Waals surface area (Å²) in [6, 6.07) is 10.6. The standard InChI is InChI=1S/C21H20ClF3N2O2/c22-17-8-3-5-14(11-17)13-27-10-2-1-9-18(20(27)29)26-19(28)15-6-4-7-16(12-15)21(23,24)25/h3-8,11-12,18H,1-2,9-10,13H2,(H,26,28). The van der Waals surface area contributed by atoms with Crippen LogP contribution in [0.1, 0.15) is 40.7 Å². The molecule has 1 aliphatic heterocycles. The van der Waals surface area contributed by atoms with Crippen molar-refractivity contribution in [3.8, 4) is 0 Å². The molecule has 29 heavy (non-hydrogen) atoms. The maximum atomic E-state index is 12.9. The summed E-state index contributed by atoms with van der Waals surface area (Å²) in [7, 11) is 0. The number of likely N-dealkylation sites (tertiary alicyclic amines) is 1. The van der Waals surface area contributed by atoms with Gasteiger partial charge >= 0.3 is 6.18 Å². The number of carbonyl (C=O) groups is 2. The van der Waals surface area contributed by atoms with E-state index in [-0.39, 0.29) is 11.5 Å². The van der Waals surface area contributed by atoms with Crippen molar-refractivity contribution in [3.63, 3.8) is 0 Å². The number of amides is 2. The van der Waals surface area contributed by atoms with Gasteiger partial charge in [-0.1, -0.05) is 29.8 Å². The minimum atomic E-state index is -4.54. The summed E-state index contributed by atoms with van der Waals surface area (Å²) in [5.74, 6) is -0.943. The van der Waals surface area contributed by atoms with Crippen molar-refractivity contribution in [2.24, 2.45) is 0 Å². The van der Waals surface area contributed by atoms with E-state index in [0.717, 1.165) is 30.5 Å². The molecule has 1 unspecified atom stereocenters. The van der Waals surface area contributed by atoms with Crippen molar-refractivity contribution in [2.75, 3.05) is 6.54 Å². The Bertz CT molecular complexity index is 901. The molecule has 0 spiro atoms. The SMILES string of the molecule is O=C(NC1CCCCN(Cc2cccc(Cl)c2)C1=O)c1cccc(C(F)(F)F)c1. The third-order valence-electron chi connectivity index (χ3n) is 4.80. The van der Waals surface area contributed by atoms with Gasteiger partial charge in [0.25, 0.3) is 5.91 Å². The Morgan fingerprint density at radius 3 is 2.62 bits per heavy atom. The lowest BCUT2D eigenvalue weighted by Crippen LogP contribution is -2.47. The summed E-state index contributed by atoms with van der Waals surface area (Å²) in [6.07, 6.45) is -2.59. The molecule has 1 atom stereocenters. The predicted octanol–water partition coefficient (Wildman–Crippen LogP) is 4.67. The van der Waals surface area contributed by atoms with Gasteiger partial charge in [-0.25, -0.2) is 0 Å². The van der Waals surface area contributed by atoms with Gasteiger partial charge in [-0.2, -0.15) is 13.2 Å². The van der Waals surface area contributed by atoms with Crippen LogP contribution in [0.15, 0.2) is 48.5 Å². The van der Waals surface area contributed by atoms with E-state index in [1.807, 2.05) is 6.07 Å². The third-order valence-corrected chi connectivity index (χ3v) is 5.04. The molecule has 0 aromatic heterocycles. The second kappa shape index (κ2) is 8.86. The minimum absolute atomic E-state index is 0.127. The van der Waals surface area contributed by atoms with Crippen LogP contribution in [0.4, 0.5) is 13.2 Å². The molecule has 1 N–H and O–H groups in total. The Morgan fingerprint density at radius 1 is 1.14 bits per heavy atom. The molecular weight excluding hydrogens is 405 g/mol. The number of carbonyl (C=O) groups excluding carboxylic acids is 2. The quantitative estimate of drug-likeness (QED) is 0.775. The molecule has 2 aromatic carbocycles. The number of hydrogen-bond acceptors (Lipinski definition) is 2. The summed E-state index contributed by atoms with van der Waals surface area (Å²) in [5.41, 5.74) is -0.158. The third kappa shape index (κ3) is 5.50. The van der Waals surface area contributed by atoms with E-state index < -0.39 is 23.7 Å². The summed E-state index contributed by atoms with van der Waals surface area (Å²) >= 11 is 6.00. The lowest BCUT2D eigenvalue weighted by molar-refractivity contribution is -0.137. The highest BCUT2D eigenvalue weighted by Gasteiger charge is 2.32. The van der Waals surface area contributed by atoms with Crippen LogP contribution in [0, 0.1) is 0 Å². The fourth-order valence-corrected chi connectivity index (χ4v) is 3.54. The zero-order valence-electron chi connectivity index (χ0n) is 15.5. The van der Waals surface area contributed by atoms with Crippen LogP contribution >= 0.6 is 11.6 Å². The Balaban J connectivity index is 1.72. The molecule has 2 aromatic rings. The first-order valence-electron chi connectivity index (χ1n) is 9.25. The van der Waals surface area contributed by atoms with Crippen molar-refractivity contribution < 1.29 is 22.8 Å². The van der Waals surface area contributed by atoms with Gasteiger partial charge in [0.2, 0.25) is 5.91 Å². The molecule has 0 radical (unpaired) electrons. The second-order valence-electron chi connectivity index (χ2n) is 6.99. The molecule has 4 nitrogen and oxygen atoms in total. The van der Waals surface area contributed by atoms with Gasteiger partial charge in [-0.3, -0.25) is 9.59 Å². The number of benzene rings is 2. The van der Waals surface area contributed by atoms with Crippen molar-refractivity contribution in [2.45, 2.75) is 38.0 Å². The van der Waals surface area contributed by atoms with Crippen LogP contribution in [0.5, 0.6) is 0 Å². The van der Waals surface area contributed by atoms with E-state index in [0.29, 0.717) is 24.5 Å². The van der Waals surface area contributed by atoms with Crippen molar-refractivity contribution in [1.82, 2.24) is 10.2 Å². The highest BCUT2D eigenvalue weighted by atomic mass is 35.5. The lowest BCUT2D eigenvalue weighted by Gasteiger charge is -2.25. The summed E-state index contributed by atoms with van der Waals surface area (Å²) < 4.78 is 38.7. The molecule has 8 heteroatoms. The van der Waals surface area contributed by atoms with Gasteiger partial charge in [0.05, 0.1) is 5.56 Å². The van der Waals surface area contributed by atoms with Gasteiger partial charge in [0, 0.05) is 23.7 Å². The normalized spacial score (nSPS) is 17.7. The molecule has 0 saturated carbocycles. The van der Waals surface area contributed by atoms with Crippen LogP contribution in [0.3, 0.4) is 0 Å². The Kier molecular flexibility index (Phi) is 6.47. The van der Waals surface area contributed by atoms with Gasteiger partial charge in [0.15, 0.2) is 0 Å². The maximum Gasteiger partial charge on any atom is 0.416 e. The lowest BCUT2D eigenvalue weighted by atomic mass is 10.1. The summed E-state index contributed by atoms with van der Waals surface area (Å²) in [4.78, 5) is 27.1. The summed E-state index contributed by atoms with van der Waals surface area (Å²) in [6.45, 7) is 0.899. The molecule has 3 rings (SSSR count). The van der Waals surface area contributed by atoms with Crippen LogP contribution in [0.2, 0.25) is 5.02 Å². The zero-order chi connectivity index (χ0) is 21.0. The van der Waals surface area contributed by atoms with Gasteiger partial charge in [0.1, 0.15) is 6.04 Å². The molecule has 1 saturated heterocycles. The van der Waals surface area contributed by atoms with Crippen molar-refractivity contribution >= 4 is 23.4 Å². The van der Waals surface area contributed by atoms with Gasteiger partial charge in [-0.05, 0) is 55.2 Å². The first kappa shape index (κ1) is 21.2. The molecule has 1 aliphatic rings. The van der Waals surface area contributed by atoms with E-state index in [1.54, 1.807) is 23.1 Å². The van der Waals surface area contributed by atoms with Crippen LogP contribution in [-0.4, -0.2) is 29.3 Å². The van der Waals surface area contributed by atoms with E-state index in [1.165, 1.54) is 12.1 Å². The number of alkyl halides is 3. The minimum Gasteiger partial charge on any atom is -0.340 e. The molecule has 2 amide bonds. The number of rotatable bonds is 4. The first-order valence-corrected chi connectivity index (χ1v) is 9.63. The maximum absolute atomic E-state index is 12.9. The molecule has 0 aliphatic carbocycles. The molecule has 154 valence electrons. The largest absolute Gasteiger partial charge is 0.416 e. The number of nitrogens with zero attached hydrogens (tertiary/aromatic N) is 1. The number of hydrogen-bond donors (Lipinski definition) is 1. The highest BCUT2D eigenvalue weighted by molar-refractivity contribution is 6.30. The van der Waals surface area contributed by atoms with Crippen LogP contribution in [-0.2, 0) is 17.5 Å².